The van der Waals surface area contributed by atoms with E-state index in [4.69, 9.17) is 0 Å². The van der Waals surface area contributed by atoms with Gasteiger partial charge in [-0.15, -0.1) is 0 Å². The van der Waals surface area contributed by atoms with Crippen molar-refractivity contribution in [2.75, 3.05) is 5.75 Å². The molecule has 0 amide bonds. The highest BCUT2D eigenvalue weighted by molar-refractivity contribution is 7.91. The predicted octanol–water partition coefficient (Wildman–Crippen LogP) is 5.53. The largest absolute Gasteiger partial charge is 0.416 e. The Morgan fingerprint density at radius 2 is 1.54 bits per heavy atom. The fourth-order valence-corrected chi connectivity index (χ4v) is 4.17. The van der Waals surface area contributed by atoms with E-state index in [-0.39, 0.29) is 11.8 Å². The molecule has 148 valence electrons. The third kappa shape index (κ3) is 6.93. The average molecular weight is 395 g/mol. The molecule has 0 aliphatic carbocycles. The van der Waals surface area contributed by atoms with Gasteiger partial charge in [-0.05, 0) is 18.6 Å². The van der Waals surface area contributed by atoms with E-state index in [0.717, 1.165) is 32.1 Å². The number of unbranched alkanes of at least 4 members (excludes halogenated alkanes) is 7. The Hall–Kier alpha value is -1.64. The number of nitrogens with zero attached hydrogens (tertiary/aromatic N) is 1. The first kappa shape index (κ1) is 22.4. The minimum Gasteiger partial charge on any atom is -0.258 e. The van der Waals surface area contributed by atoms with Crippen LogP contribution in [-0.2, 0) is 16.0 Å². The summed E-state index contributed by atoms with van der Waals surface area (Å²) in [5, 5.41) is 11.0. The molecule has 5 nitrogen and oxygen atoms in total. The molecule has 26 heavy (non-hydrogen) atoms. The van der Waals surface area contributed by atoms with Gasteiger partial charge in [-0.3, -0.25) is 10.1 Å². The molecule has 0 radical (unpaired) electrons. The van der Waals surface area contributed by atoms with Crippen molar-refractivity contribution >= 4 is 15.5 Å². The van der Waals surface area contributed by atoms with Crippen molar-refractivity contribution in [1.29, 1.82) is 0 Å². The molecule has 0 fully saturated rings. The standard InChI is InChI=1S/C17H24F3NO4S/c1-2-3-4-5-6-7-8-9-12-26(24,25)16-11-10-14(17(18,19)20)13-15(16)21(22)23/h10-11,13H,2-9,12H2,1H3. The van der Waals surface area contributed by atoms with E-state index in [1.54, 1.807) is 0 Å². The van der Waals surface area contributed by atoms with Gasteiger partial charge in [-0.2, -0.15) is 13.2 Å². The Bertz CT molecular complexity index is 702. The van der Waals surface area contributed by atoms with Crippen molar-refractivity contribution in [3.63, 3.8) is 0 Å². The highest BCUT2D eigenvalue weighted by atomic mass is 32.2. The SMILES string of the molecule is CCCCCCCCCCS(=O)(=O)c1ccc(C(F)(F)F)cc1[N+](=O)[O-]. The average Bonchev–Trinajstić information content (AvgIpc) is 2.55. The smallest absolute Gasteiger partial charge is 0.258 e. The van der Waals surface area contributed by atoms with Crippen LogP contribution < -0.4 is 0 Å². The fraction of sp³-hybridized carbons (Fsp3) is 0.647. The summed E-state index contributed by atoms with van der Waals surface area (Å²) in [5.41, 5.74) is -2.27. The van der Waals surface area contributed by atoms with Crippen LogP contribution in [0.3, 0.4) is 0 Å². The number of nitro groups is 1. The van der Waals surface area contributed by atoms with Gasteiger partial charge in [0, 0.05) is 6.07 Å². The van der Waals surface area contributed by atoms with Crippen molar-refractivity contribution in [3.05, 3.63) is 33.9 Å². The molecule has 0 bridgehead atoms. The van der Waals surface area contributed by atoms with Crippen molar-refractivity contribution in [1.82, 2.24) is 0 Å². The Labute approximate surface area is 151 Å². The lowest BCUT2D eigenvalue weighted by Gasteiger charge is -2.09. The highest BCUT2D eigenvalue weighted by Gasteiger charge is 2.35. The summed E-state index contributed by atoms with van der Waals surface area (Å²) in [6.07, 6.45) is 2.64. The molecule has 0 N–H and O–H groups in total. The van der Waals surface area contributed by atoms with Gasteiger partial charge in [0.05, 0.1) is 16.2 Å². The second-order valence-electron chi connectivity index (χ2n) is 6.23. The predicted molar refractivity (Wildman–Crippen MR) is 92.8 cm³/mol. The summed E-state index contributed by atoms with van der Waals surface area (Å²) in [5.74, 6) is -0.311. The van der Waals surface area contributed by atoms with E-state index in [9.17, 15) is 31.7 Å². The van der Waals surface area contributed by atoms with Crippen molar-refractivity contribution in [2.45, 2.75) is 69.4 Å². The van der Waals surface area contributed by atoms with Gasteiger partial charge in [0.15, 0.2) is 9.84 Å². The van der Waals surface area contributed by atoms with Gasteiger partial charge < -0.3 is 0 Å². The molecular formula is C17H24F3NO4S. The molecule has 9 heteroatoms. The zero-order valence-corrected chi connectivity index (χ0v) is 15.5. The summed E-state index contributed by atoms with van der Waals surface area (Å²) in [6.45, 7) is 2.12. The van der Waals surface area contributed by atoms with E-state index in [0.29, 0.717) is 25.0 Å². The molecule has 0 saturated carbocycles. The summed E-state index contributed by atoms with van der Waals surface area (Å²) in [6, 6.07) is 1.52. The monoisotopic (exact) mass is 395 g/mol. The van der Waals surface area contributed by atoms with E-state index >= 15 is 0 Å². The van der Waals surface area contributed by atoms with E-state index in [2.05, 4.69) is 6.92 Å². The second-order valence-corrected chi connectivity index (χ2v) is 8.31. The highest BCUT2D eigenvalue weighted by Crippen LogP contribution is 2.35. The zero-order chi connectivity index (χ0) is 19.8. The quantitative estimate of drug-likeness (QED) is 0.280. The van der Waals surface area contributed by atoms with Gasteiger partial charge in [-0.25, -0.2) is 8.42 Å². The number of hydrogen-bond donors (Lipinski definition) is 0. The van der Waals surface area contributed by atoms with Crippen LogP contribution in [0.1, 0.15) is 63.9 Å². The van der Waals surface area contributed by atoms with Crippen LogP contribution in [0.25, 0.3) is 0 Å². The maximum Gasteiger partial charge on any atom is 0.416 e. The lowest BCUT2D eigenvalue weighted by atomic mass is 10.1. The number of alkyl halides is 3. The van der Waals surface area contributed by atoms with Crippen LogP contribution in [0.5, 0.6) is 0 Å². The molecule has 0 saturated heterocycles. The Balaban J connectivity index is 2.72. The van der Waals surface area contributed by atoms with Crippen molar-refractivity contribution in [3.8, 4) is 0 Å². The molecule has 1 aromatic carbocycles. The summed E-state index contributed by atoms with van der Waals surface area (Å²) in [4.78, 5) is 9.28. The third-order valence-corrected chi connectivity index (χ3v) is 5.93. The minimum absolute atomic E-state index is 0.278. The van der Waals surface area contributed by atoms with Crippen LogP contribution in [0, 0.1) is 10.1 Å². The minimum atomic E-state index is -4.77. The van der Waals surface area contributed by atoms with E-state index in [1.165, 1.54) is 6.42 Å². The van der Waals surface area contributed by atoms with Gasteiger partial charge in [0.25, 0.3) is 5.69 Å². The summed E-state index contributed by atoms with van der Waals surface area (Å²) >= 11 is 0. The molecule has 0 spiro atoms. The van der Waals surface area contributed by atoms with E-state index < -0.39 is 37.1 Å². The number of rotatable bonds is 11. The maximum absolute atomic E-state index is 12.7. The molecular weight excluding hydrogens is 371 g/mol. The first-order chi connectivity index (χ1) is 12.1. The number of nitro benzene ring substituents is 1. The number of sulfone groups is 1. The lowest BCUT2D eigenvalue weighted by molar-refractivity contribution is -0.388. The number of hydrogen-bond acceptors (Lipinski definition) is 4. The summed E-state index contributed by atoms with van der Waals surface area (Å²) < 4.78 is 62.7. The van der Waals surface area contributed by atoms with Crippen molar-refractivity contribution < 1.29 is 26.5 Å². The first-order valence-corrected chi connectivity index (χ1v) is 10.3. The molecule has 0 atom stereocenters. The summed E-state index contributed by atoms with van der Waals surface area (Å²) in [7, 11) is -4.01. The maximum atomic E-state index is 12.7. The van der Waals surface area contributed by atoms with E-state index in [1.807, 2.05) is 0 Å². The van der Waals surface area contributed by atoms with Gasteiger partial charge in [-0.1, -0.05) is 51.9 Å². The van der Waals surface area contributed by atoms with Crippen LogP contribution in [0.4, 0.5) is 18.9 Å². The molecule has 0 aliphatic heterocycles. The molecule has 0 aliphatic rings. The number of halogens is 3. The molecule has 1 aromatic rings. The zero-order valence-electron chi connectivity index (χ0n) is 14.7. The van der Waals surface area contributed by atoms with Crippen LogP contribution in [0.2, 0.25) is 0 Å². The fourth-order valence-electron chi connectivity index (χ4n) is 2.64. The van der Waals surface area contributed by atoms with Crippen molar-refractivity contribution in [2.24, 2.45) is 0 Å². The van der Waals surface area contributed by atoms with Crippen LogP contribution in [0.15, 0.2) is 23.1 Å². The second kappa shape index (κ2) is 9.89. The lowest BCUT2D eigenvalue weighted by Crippen LogP contribution is -2.12. The molecule has 0 heterocycles. The Morgan fingerprint density at radius 3 is 2.04 bits per heavy atom. The Kier molecular flexibility index (Phi) is 8.52. The normalized spacial score (nSPS) is 12.3. The Morgan fingerprint density at radius 1 is 1.00 bits per heavy atom. The molecule has 0 aromatic heterocycles. The molecule has 0 unspecified atom stereocenters. The number of benzene rings is 1. The molecule has 1 rings (SSSR count). The topological polar surface area (TPSA) is 77.3 Å². The van der Waals surface area contributed by atoms with Gasteiger partial charge in [0.1, 0.15) is 4.90 Å². The first-order valence-electron chi connectivity index (χ1n) is 8.68. The third-order valence-electron chi connectivity index (χ3n) is 4.08. The van der Waals surface area contributed by atoms with Gasteiger partial charge >= 0.3 is 6.18 Å². The van der Waals surface area contributed by atoms with Gasteiger partial charge in [0.2, 0.25) is 0 Å². The van der Waals surface area contributed by atoms with Crippen LogP contribution >= 0.6 is 0 Å². The van der Waals surface area contributed by atoms with Crippen LogP contribution in [-0.4, -0.2) is 19.1 Å².